The molecule has 1 aromatic carbocycles. The summed E-state index contributed by atoms with van der Waals surface area (Å²) in [7, 11) is 0. The number of halogens is 1. The van der Waals surface area contributed by atoms with E-state index in [4.69, 9.17) is 9.26 Å². The van der Waals surface area contributed by atoms with Gasteiger partial charge in [0.25, 0.3) is 0 Å². The lowest BCUT2D eigenvalue weighted by Crippen LogP contribution is -2.28. The maximum atomic E-state index is 5.66. The Morgan fingerprint density at radius 3 is 3.21 bits per heavy atom. The van der Waals surface area contributed by atoms with Crippen molar-refractivity contribution in [3.05, 3.63) is 40.5 Å². The van der Waals surface area contributed by atoms with E-state index in [0.717, 1.165) is 42.0 Å². The molecular weight excluding hydrogens is 310 g/mol. The highest BCUT2D eigenvalue weighted by atomic mass is 79.9. The van der Waals surface area contributed by atoms with Gasteiger partial charge in [0.15, 0.2) is 5.82 Å². The molecule has 2 aromatic rings. The van der Waals surface area contributed by atoms with Gasteiger partial charge in [-0.25, -0.2) is 0 Å². The molecule has 0 saturated carbocycles. The van der Waals surface area contributed by atoms with E-state index in [1.807, 2.05) is 12.1 Å². The first-order valence-corrected chi connectivity index (χ1v) is 7.03. The Hall–Kier alpha value is -1.40. The first-order valence-electron chi connectivity index (χ1n) is 6.24. The van der Waals surface area contributed by atoms with Crippen LogP contribution >= 0.6 is 15.9 Å². The van der Waals surface area contributed by atoms with Gasteiger partial charge in [0.1, 0.15) is 5.75 Å². The lowest BCUT2D eigenvalue weighted by atomic mass is 10.0. The molecule has 0 fully saturated rings. The third-order valence-electron chi connectivity index (χ3n) is 3.16. The maximum Gasteiger partial charge on any atom is 0.213 e. The molecule has 0 aliphatic carbocycles. The van der Waals surface area contributed by atoms with Gasteiger partial charge in [0, 0.05) is 35.5 Å². The first kappa shape index (κ1) is 12.6. The van der Waals surface area contributed by atoms with Crippen molar-refractivity contribution in [1.29, 1.82) is 0 Å². The minimum atomic E-state index is 0.313. The Morgan fingerprint density at radius 2 is 2.37 bits per heavy atom. The molecule has 6 heteroatoms. The van der Waals surface area contributed by atoms with Crippen molar-refractivity contribution in [2.45, 2.75) is 18.9 Å². The van der Waals surface area contributed by atoms with Crippen LogP contribution in [-0.4, -0.2) is 23.3 Å². The molecule has 1 N–H and O–H groups in total. The number of rotatable bonds is 4. The summed E-state index contributed by atoms with van der Waals surface area (Å²) in [5.41, 5.74) is 1.20. The smallest absolute Gasteiger partial charge is 0.213 e. The number of nitrogens with zero attached hydrogens (tertiary/aromatic N) is 2. The zero-order valence-corrected chi connectivity index (χ0v) is 11.9. The van der Waals surface area contributed by atoms with Gasteiger partial charge >= 0.3 is 0 Å². The summed E-state index contributed by atoms with van der Waals surface area (Å²) in [4.78, 5) is 4.01. The van der Waals surface area contributed by atoms with E-state index in [-0.39, 0.29) is 0 Å². The number of ether oxygens (including phenoxy) is 1. The number of hydrogen-bond acceptors (Lipinski definition) is 5. The van der Waals surface area contributed by atoms with Crippen LogP contribution in [0.25, 0.3) is 0 Å². The van der Waals surface area contributed by atoms with E-state index < -0.39 is 0 Å². The molecule has 0 amide bonds. The number of nitrogens with one attached hydrogen (secondary N) is 1. The van der Waals surface area contributed by atoms with Crippen LogP contribution in [0, 0.1) is 0 Å². The highest BCUT2D eigenvalue weighted by molar-refractivity contribution is 9.10. The number of aromatic nitrogens is 2. The minimum Gasteiger partial charge on any atom is -0.493 e. The van der Waals surface area contributed by atoms with Gasteiger partial charge in [0.2, 0.25) is 6.39 Å². The normalized spacial score (nSPS) is 17.8. The fourth-order valence-electron chi connectivity index (χ4n) is 2.24. The van der Waals surface area contributed by atoms with Crippen LogP contribution in [0.5, 0.6) is 5.75 Å². The second kappa shape index (κ2) is 5.71. The molecule has 0 radical (unpaired) electrons. The molecule has 1 aromatic heterocycles. The lowest BCUT2D eigenvalue weighted by Gasteiger charge is -2.27. The van der Waals surface area contributed by atoms with E-state index in [1.54, 1.807) is 0 Å². The van der Waals surface area contributed by atoms with Crippen LogP contribution in [0.4, 0.5) is 0 Å². The first-order chi connectivity index (χ1) is 9.33. The van der Waals surface area contributed by atoms with E-state index >= 15 is 0 Å². The van der Waals surface area contributed by atoms with E-state index in [9.17, 15) is 0 Å². The molecular formula is C13H14BrN3O2. The summed E-state index contributed by atoms with van der Waals surface area (Å²) in [6.07, 6.45) is 3.09. The van der Waals surface area contributed by atoms with Crippen molar-refractivity contribution < 1.29 is 9.26 Å². The van der Waals surface area contributed by atoms with Gasteiger partial charge in [-0.05, 0) is 18.2 Å². The summed E-state index contributed by atoms with van der Waals surface area (Å²) < 4.78 is 11.4. The molecule has 1 aliphatic rings. The maximum absolute atomic E-state index is 5.66. The quantitative estimate of drug-likeness (QED) is 0.936. The molecule has 2 heterocycles. The van der Waals surface area contributed by atoms with Crippen LogP contribution in [0.3, 0.4) is 0 Å². The Labute approximate surface area is 119 Å². The summed E-state index contributed by atoms with van der Waals surface area (Å²) in [6, 6.07) is 6.43. The number of fused-ring (bicyclic) bond motifs is 1. The topological polar surface area (TPSA) is 60.2 Å². The van der Waals surface area contributed by atoms with Crippen molar-refractivity contribution in [2.75, 3.05) is 13.2 Å². The second-order valence-corrected chi connectivity index (χ2v) is 5.34. The SMILES string of the molecule is Brc1ccc2c(c1)C(NCCc1ncon1)CCO2. The zero-order valence-electron chi connectivity index (χ0n) is 10.3. The fraction of sp³-hybridized carbons (Fsp3) is 0.385. The van der Waals surface area contributed by atoms with Crippen molar-refractivity contribution in [3.8, 4) is 5.75 Å². The molecule has 5 nitrogen and oxygen atoms in total. The number of benzene rings is 1. The lowest BCUT2D eigenvalue weighted by molar-refractivity contribution is 0.253. The van der Waals surface area contributed by atoms with Gasteiger partial charge in [0.05, 0.1) is 6.61 Å². The van der Waals surface area contributed by atoms with E-state index in [0.29, 0.717) is 6.04 Å². The molecule has 0 bridgehead atoms. The third kappa shape index (κ3) is 2.96. The van der Waals surface area contributed by atoms with Gasteiger partial charge in [-0.3, -0.25) is 0 Å². The second-order valence-electron chi connectivity index (χ2n) is 4.42. The molecule has 1 unspecified atom stereocenters. The van der Waals surface area contributed by atoms with Crippen molar-refractivity contribution in [1.82, 2.24) is 15.5 Å². The molecule has 1 aliphatic heterocycles. The molecule has 1 atom stereocenters. The van der Waals surface area contributed by atoms with Gasteiger partial charge in [-0.15, -0.1) is 0 Å². The van der Waals surface area contributed by atoms with Crippen molar-refractivity contribution in [2.24, 2.45) is 0 Å². The molecule has 0 spiro atoms. The average molecular weight is 324 g/mol. The Bertz CT molecular complexity index is 545. The monoisotopic (exact) mass is 323 g/mol. The average Bonchev–Trinajstić information content (AvgIpc) is 2.92. The van der Waals surface area contributed by atoms with Crippen molar-refractivity contribution in [3.63, 3.8) is 0 Å². The Balaban J connectivity index is 1.64. The summed E-state index contributed by atoms with van der Waals surface area (Å²) in [6.45, 7) is 1.56. The largest absolute Gasteiger partial charge is 0.493 e. The third-order valence-corrected chi connectivity index (χ3v) is 3.65. The van der Waals surface area contributed by atoms with Crippen LogP contribution < -0.4 is 10.1 Å². The van der Waals surface area contributed by atoms with Gasteiger partial charge in [-0.1, -0.05) is 21.1 Å². The highest BCUT2D eigenvalue weighted by Gasteiger charge is 2.21. The van der Waals surface area contributed by atoms with Crippen LogP contribution in [0.15, 0.2) is 33.6 Å². The van der Waals surface area contributed by atoms with Crippen molar-refractivity contribution >= 4 is 15.9 Å². The van der Waals surface area contributed by atoms with Crippen LogP contribution in [0.1, 0.15) is 23.9 Å². The van der Waals surface area contributed by atoms with Gasteiger partial charge in [-0.2, -0.15) is 4.98 Å². The predicted molar refractivity (Wildman–Crippen MR) is 73.0 cm³/mol. The Morgan fingerprint density at radius 1 is 1.42 bits per heavy atom. The summed E-state index contributed by atoms with van der Waals surface area (Å²) in [5, 5.41) is 7.32. The summed E-state index contributed by atoms with van der Waals surface area (Å²) in [5.74, 6) is 1.69. The predicted octanol–water partition coefficient (Wildman–Crippen LogP) is 2.49. The molecule has 100 valence electrons. The molecule has 0 saturated heterocycles. The number of hydrogen-bond donors (Lipinski definition) is 1. The minimum absolute atomic E-state index is 0.313. The van der Waals surface area contributed by atoms with Crippen LogP contribution in [-0.2, 0) is 6.42 Å². The van der Waals surface area contributed by atoms with Crippen LogP contribution in [0.2, 0.25) is 0 Å². The fourth-order valence-corrected chi connectivity index (χ4v) is 2.62. The van der Waals surface area contributed by atoms with E-state index in [1.165, 1.54) is 12.0 Å². The zero-order chi connectivity index (χ0) is 13.1. The summed E-state index contributed by atoms with van der Waals surface area (Å²) >= 11 is 3.50. The molecule has 3 rings (SSSR count). The standard InChI is InChI=1S/C13H14BrN3O2/c14-9-1-2-12-10(7-9)11(4-6-18-12)15-5-3-13-16-8-19-17-13/h1-2,7-8,11,15H,3-6H2. The molecule has 19 heavy (non-hydrogen) atoms. The Kier molecular flexibility index (Phi) is 3.79. The van der Waals surface area contributed by atoms with E-state index in [2.05, 4.69) is 37.5 Å². The van der Waals surface area contributed by atoms with Gasteiger partial charge < -0.3 is 14.6 Å². The highest BCUT2D eigenvalue weighted by Crippen LogP contribution is 2.33.